The Balaban J connectivity index is 1.57. The molecule has 0 unspecified atom stereocenters. The first-order valence-electron chi connectivity index (χ1n) is 9.00. The third-order valence-electron chi connectivity index (χ3n) is 5.20. The molecule has 1 amide bonds. The van der Waals surface area contributed by atoms with Gasteiger partial charge in [-0.25, -0.2) is 19.6 Å². The van der Waals surface area contributed by atoms with E-state index in [2.05, 4.69) is 20.1 Å². The smallest absolute Gasteiger partial charge is 0.254 e. The number of nitrogens with zero attached hydrogens (tertiary/aromatic N) is 5. The minimum Gasteiger partial charge on any atom is -0.381 e. The highest BCUT2D eigenvalue weighted by atomic mass is 16.5. The highest BCUT2D eigenvalue weighted by Crippen LogP contribution is 2.40. The van der Waals surface area contributed by atoms with Crippen molar-refractivity contribution < 1.29 is 9.53 Å². The van der Waals surface area contributed by atoms with Crippen LogP contribution in [0, 0.1) is 5.92 Å². The van der Waals surface area contributed by atoms with Gasteiger partial charge in [-0.3, -0.25) is 4.79 Å². The monoisotopic (exact) mass is 354 g/mol. The first-order chi connectivity index (χ1) is 12.7. The van der Waals surface area contributed by atoms with E-state index >= 15 is 0 Å². The van der Waals surface area contributed by atoms with E-state index in [1.165, 1.54) is 6.20 Å². The summed E-state index contributed by atoms with van der Waals surface area (Å²) in [7, 11) is 0. The molecule has 0 aromatic carbocycles. The average molecular weight is 354 g/mol. The highest BCUT2D eigenvalue weighted by molar-refractivity contribution is 5.97. The number of amides is 1. The Kier molecular flexibility index (Phi) is 4.75. The van der Waals surface area contributed by atoms with E-state index in [-0.39, 0.29) is 17.9 Å². The van der Waals surface area contributed by atoms with Crippen molar-refractivity contribution >= 4 is 17.9 Å². The number of hydrogen-bond acceptors (Lipinski definition) is 6. The summed E-state index contributed by atoms with van der Waals surface area (Å²) in [5, 5.41) is 4.38. The van der Waals surface area contributed by atoms with Crippen LogP contribution >= 0.6 is 0 Å². The summed E-state index contributed by atoms with van der Waals surface area (Å²) in [6.45, 7) is 1.38. The number of aliphatic imine (C=N–C) groups is 1. The molecule has 1 saturated carbocycles. The Bertz CT molecular complexity index is 797. The van der Waals surface area contributed by atoms with Crippen LogP contribution in [-0.4, -0.2) is 45.1 Å². The van der Waals surface area contributed by atoms with Gasteiger partial charge in [-0.15, -0.1) is 0 Å². The first-order valence-corrected chi connectivity index (χ1v) is 9.00. The number of rotatable bonds is 5. The van der Waals surface area contributed by atoms with Gasteiger partial charge >= 0.3 is 0 Å². The average Bonchev–Trinajstić information content (AvgIpc) is 3.07. The number of carbonyl (C=O) groups is 1. The van der Waals surface area contributed by atoms with Crippen molar-refractivity contribution in [1.29, 1.82) is 0 Å². The normalized spacial score (nSPS) is 23.8. The molecule has 2 aromatic rings. The van der Waals surface area contributed by atoms with E-state index in [1.807, 2.05) is 17.0 Å². The number of nitrogens with two attached hydrogens (primary N) is 1. The molecule has 0 spiro atoms. The minimum atomic E-state index is -0.507. The molecule has 136 valence electrons. The lowest BCUT2D eigenvalue weighted by Gasteiger charge is -2.32. The van der Waals surface area contributed by atoms with Crippen LogP contribution in [0.4, 0.5) is 5.82 Å². The molecular formula is C18H22N6O2. The van der Waals surface area contributed by atoms with Gasteiger partial charge in [0.1, 0.15) is 11.4 Å². The number of primary amides is 1. The third kappa shape index (κ3) is 3.24. The topological polar surface area (TPSA) is 108 Å². The summed E-state index contributed by atoms with van der Waals surface area (Å²) >= 11 is 0. The Morgan fingerprint density at radius 2 is 2.00 bits per heavy atom. The molecule has 2 fully saturated rings. The number of hydrogen-bond donors (Lipinski definition) is 1. The van der Waals surface area contributed by atoms with Crippen molar-refractivity contribution in [2.45, 2.75) is 37.6 Å². The Morgan fingerprint density at radius 1 is 1.23 bits per heavy atom. The largest absolute Gasteiger partial charge is 0.381 e. The fourth-order valence-electron chi connectivity index (χ4n) is 3.55. The van der Waals surface area contributed by atoms with Gasteiger partial charge in [-0.1, -0.05) is 0 Å². The predicted octanol–water partition coefficient (Wildman–Crippen LogP) is 2.02. The van der Waals surface area contributed by atoms with E-state index in [4.69, 9.17) is 10.5 Å². The lowest BCUT2D eigenvalue weighted by molar-refractivity contribution is 0.0667. The van der Waals surface area contributed by atoms with E-state index in [0.29, 0.717) is 24.6 Å². The van der Waals surface area contributed by atoms with Crippen LogP contribution in [0.3, 0.4) is 0 Å². The fraction of sp³-hybridized carbons (Fsp3) is 0.500. The summed E-state index contributed by atoms with van der Waals surface area (Å²) in [6.07, 6.45) is 10.7. The van der Waals surface area contributed by atoms with Gasteiger partial charge < -0.3 is 10.5 Å². The zero-order chi connectivity index (χ0) is 17.9. The zero-order valence-electron chi connectivity index (χ0n) is 14.5. The maximum absolute atomic E-state index is 11.8. The molecule has 2 atom stereocenters. The molecule has 2 aliphatic rings. The minimum absolute atomic E-state index is 0.179. The van der Waals surface area contributed by atoms with Gasteiger partial charge in [0.05, 0.1) is 12.2 Å². The molecule has 8 nitrogen and oxygen atoms in total. The Morgan fingerprint density at radius 3 is 2.65 bits per heavy atom. The SMILES string of the molecule is NC(=O)c1cnn(C2CCOCC2)c1N=C[C@H]1CC[C@H]1c1ncccn1. The first kappa shape index (κ1) is 16.8. The molecule has 0 radical (unpaired) electrons. The molecule has 1 saturated heterocycles. The van der Waals surface area contributed by atoms with Crippen LogP contribution in [0.25, 0.3) is 0 Å². The number of ether oxygens (including phenoxy) is 1. The standard InChI is InChI=1S/C18H22N6O2/c19-16(25)15-11-23-24(13-4-8-26-9-5-13)18(15)22-10-12-2-3-14(12)17-20-6-1-7-21-17/h1,6-7,10-14H,2-5,8-9H2,(H2,19,25)/t12-,14-/m1/s1. The quantitative estimate of drug-likeness (QED) is 0.826. The summed E-state index contributed by atoms with van der Waals surface area (Å²) in [5.74, 6) is 1.42. The van der Waals surface area contributed by atoms with Crippen LogP contribution in [0.1, 0.15) is 53.8 Å². The van der Waals surface area contributed by atoms with Crippen LogP contribution in [0.2, 0.25) is 0 Å². The maximum Gasteiger partial charge on any atom is 0.254 e. The molecule has 26 heavy (non-hydrogen) atoms. The summed E-state index contributed by atoms with van der Waals surface area (Å²) in [6, 6.07) is 2.00. The molecule has 2 N–H and O–H groups in total. The summed E-state index contributed by atoms with van der Waals surface area (Å²) in [4.78, 5) is 25.1. The summed E-state index contributed by atoms with van der Waals surface area (Å²) < 4.78 is 7.24. The van der Waals surface area contributed by atoms with Crippen molar-refractivity contribution in [3.05, 3.63) is 36.0 Å². The molecule has 4 rings (SSSR count). The van der Waals surface area contributed by atoms with Gasteiger partial charge in [0.25, 0.3) is 5.91 Å². The van der Waals surface area contributed by atoms with Crippen LogP contribution in [0.15, 0.2) is 29.6 Å². The Labute approximate surface area is 151 Å². The van der Waals surface area contributed by atoms with E-state index in [1.54, 1.807) is 12.4 Å². The second kappa shape index (κ2) is 7.33. The molecule has 0 bridgehead atoms. The van der Waals surface area contributed by atoms with Gasteiger partial charge in [0.15, 0.2) is 5.82 Å². The zero-order valence-corrected chi connectivity index (χ0v) is 14.5. The van der Waals surface area contributed by atoms with Crippen molar-refractivity contribution in [3.8, 4) is 0 Å². The van der Waals surface area contributed by atoms with Gasteiger partial charge in [-0.2, -0.15) is 5.10 Å². The lowest BCUT2D eigenvalue weighted by atomic mass is 9.74. The Hall–Kier alpha value is -2.61. The molecule has 8 heteroatoms. The van der Waals surface area contributed by atoms with Crippen LogP contribution < -0.4 is 5.73 Å². The van der Waals surface area contributed by atoms with E-state index in [9.17, 15) is 4.79 Å². The van der Waals surface area contributed by atoms with Crippen molar-refractivity contribution in [2.75, 3.05) is 13.2 Å². The summed E-state index contributed by atoms with van der Waals surface area (Å²) in [5.41, 5.74) is 5.88. The molecule has 1 aliphatic carbocycles. The molecule has 3 heterocycles. The van der Waals surface area contributed by atoms with Gasteiger partial charge in [0.2, 0.25) is 0 Å². The molecule has 2 aromatic heterocycles. The van der Waals surface area contributed by atoms with Crippen molar-refractivity contribution in [2.24, 2.45) is 16.6 Å². The maximum atomic E-state index is 11.8. The van der Waals surface area contributed by atoms with Crippen LogP contribution in [0.5, 0.6) is 0 Å². The second-order valence-corrected chi connectivity index (χ2v) is 6.77. The van der Waals surface area contributed by atoms with Crippen molar-refractivity contribution in [1.82, 2.24) is 19.7 Å². The fourth-order valence-corrected chi connectivity index (χ4v) is 3.55. The predicted molar refractivity (Wildman–Crippen MR) is 95.5 cm³/mol. The lowest BCUT2D eigenvalue weighted by Crippen LogP contribution is -2.27. The van der Waals surface area contributed by atoms with E-state index in [0.717, 1.165) is 31.5 Å². The van der Waals surface area contributed by atoms with E-state index < -0.39 is 5.91 Å². The number of aromatic nitrogens is 4. The van der Waals surface area contributed by atoms with Crippen LogP contribution in [-0.2, 0) is 4.74 Å². The highest BCUT2D eigenvalue weighted by Gasteiger charge is 2.33. The number of carbonyl (C=O) groups excluding carboxylic acids is 1. The van der Waals surface area contributed by atoms with Gasteiger partial charge in [-0.05, 0) is 31.7 Å². The molecule has 1 aliphatic heterocycles. The molecular weight excluding hydrogens is 332 g/mol. The van der Waals surface area contributed by atoms with Gasteiger partial charge in [0, 0.05) is 43.7 Å². The van der Waals surface area contributed by atoms with Crippen molar-refractivity contribution in [3.63, 3.8) is 0 Å². The third-order valence-corrected chi connectivity index (χ3v) is 5.20. The second-order valence-electron chi connectivity index (χ2n) is 6.77.